The number of nitrogens with zero attached hydrogens (tertiary/aromatic N) is 3. The number of halogens is 2. The Morgan fingerprint density at radius 1 is 1.06 bits per heavy atom. The van der Waals surface area contributed by atoms with E-state index in [0.717, 1.165) is 23.8 Å². The molecule has 1 saturated carbocycles. The number of benzene rings is 1. The molecule has 5 amide bonds. The van der Waals surface area contributed by atoms with Gasteiger partial charge in [-0.1, -0.05) is 24.4 Å². The van der Waals surface area contributed by atoms with Crippen molar-refractivity contribution in [2.75, 3.05) is 32.7 Å². The fraction of sp³-hybridized carbons (Fsp3) is 0.524. The lowest BCUT2D eigenvalue weighted by Crippen LogP contribution is -2.51. The third-order valence-corrected chi connectivity index (χ3v) is 6.65. The van der Waals surface area contributed by atoms with Crippen LogP contribution in [-0.2, 0) is 9.59 Å². The maximum absolute atomic E-state index is 13.2. The smallest absolute Gasteiger partial charge is 0.325 e. The van der Waals surface area contributed by atoms with Gasteiger partial charge in [-0.3, -0.25) is 19.3 Å². The Labute approximate surface area is 184 Å². The number of hydrogen-bond donors (Lipinski definition) is 1. The molecule has 2 heterocycles. The average Bonchev–Trinajstić information content (AvgIpc) is 3.31. The Kier molecular flexibility index (Phi) is 5.88. The van der Waals surface area contributed by atoms with Crippen molar-refractivity contribution in [3.63, 3.8) is 0 Å². The molecule has 2 aliphatic heterocycles. The van der Waals surface area contributed by atoms with Gasteiger partial charge in [-0.25, -0.2) is 9.18 Å². The highest BCUT2D eigenvalue weighted by Gasteiger charge is 2.52. The lowest BCUT2D eigenvalue weighted by molar-refractivity contribution is -0.134. The average molecular weight is 451 g/mol. The summed E-state index contributed by atoms with van der Waals surface area (Å²) >= 11 is 5.98. The van der Waals surface area contributed by atoms with E-state index in [1.54, 1.807) is 9.80 Å². The molecule has 0 unspecified atom stereocenters. The molecule has 0 atom stereocenters. The van der Waals surface area contributed by atoms with E-state index in [9.17, 15) is 23.6 Å². The zero-order valence-corrected chi connectivity index (χ0v) is 17.8. The molecule has 3 fully saturated rings. The van der Waals surface area contributed by atoms with Crippen LogP contribution < -0.4 is 5.32 Å². The summed E-state index contributed by atoms with van der Waals surface area (Å²) in [6.45, 7) is 1.38. The van der Waals surface area contributed by atoms with Crippen LogP contribution in [0, 0.1) is 5.82 Å². The number of hydrogen-bond acceptors (Lipinski definition) is 4. The molecule has 0 aromatic heterocycles. The van der Waals surface area contributed by atoms with Gasteiger partial charge in [-0.05, 0) is 31.0 Å². The number of piperazine rings is 1. The van der Waals surface area contributed by atoms with E-state index in [4.69, 9.17) is 11.6 Å². The van der Waals surface area contributed by atoms with Gasteiger partial charge in [-0.2, -0.15) is 0 Å². The highest BCUT2D eigenvalue weighted by atomic mass is 35.5. The molecule has 4 rings (SSSR count). The monoisotopic (exact) mass is 450 g/mol. The minimum Gasteiger partial charge on any atom is -0.339 e. The summed E-state index contributed by atoms with van der Waals surface area (Å²) in [6.07, 6.45) is 3.16. The van der Waals surface area contributed by atoms with Gasteiger partial charge in [0.25, 0.3) is 11.8 Å². The second-order valence-corrected chi connectivity index (χ2v) is 8.63. The predicted octanol–water partition coefficient (Wildman–Crippen LogP) is 2.02. The van der Waals surface area contributed by atoms with Gasteiger partial charge in [0.2, 0.25) is 5.91 Å². The number of nitrogens with one attached hydrogen (secondary N) is 1. The summed E-state index contributed by atoms with van der Waals surface area (Å²) in [5.41, 5.74) is -0.546. The van der Waals surface area contributed by atoms with Crippen LogP contribution in [0.2, 0.25) is 5.02 Å². The maximum Gasteiger partial charge on any atom is 0.325 e. The Morgan fingerprint density at radius 2 is 1.71 bits per heavy atom. The molecular weight excluding hydrogens is 427 g/mol. The maximum atomic E-state index is 13.2. The number of rotatable bonds is 4. The SMILES string of the molecule is O=C(CCN1C(=O)NC2(CCCC2)C1=O)N1CCN(C(=O)c2ccc(F)cc2Cl)CC1. The van der Waals surface area contributed by atoms with E-state index in [1.807, 2.05) is 0 Å². The van der Waals surface area contributed by atoms with Crippen molar-refractivity contribution in [1.82, 2.24) is 20.0 Å². The molecule has 31 heavy (non-hydrogen) atoms. The van der Waals surface area contributed by atoms with E-state index in [1.165, 1.54) is 12.1 Å². The third kappa shape index (κ3) is 4.11. The van der Waals surface area contributed by atoms with E-state index in [-0.39, 0.29) is 41.3 Å². The number of urea groups is 1. The Balaban J connectivity index is 1.28. The van der Waals surface area contributed by atoms with Crippen LogP contribution >= 0.6 is 11.6 Å². The first kappa shape index (κ1) is 21.5. The van der Waals surface area contributed by atoms with E-state index in [0.29, 0.717) is 39.0 Å². The molecule has 1 aromatic rings. The van der Waals surface area contributed by atoms with Crippen LogP contribution in [0.5, 0.6) is 0 Å². The highest BCUT2D eigenvalue weighted by Crippen LogP contribution is 2.35. The van der Waals surface area contributed by atoms with Gasteiger partial charge in [0, 0.05) is 39.1 Å². The molecule has 1 spiro atoms. The largest absolute Gasteiger partial charge is 0.339 e. The second-order valence-electron chi connectivity index (χ2n) is 8.22. The Bertz CT molecular complexity index is 926. The lowest BCUT2D eigenvalue weighted by atomic mass is 9.98. The zero-order chi connectivity index (χ0) is 22.2. The van der Waals surface area contributed by atoms with Gasteiger partial charge < -0.3 is 15.1 Å². The number of carbonyl (C=O) groups is 4. The van der Waals surface area contributed by atoms with Crippen molar-refractivity contribution in [2.45, 2.75) is 37.6 Å². The molecule has 1 N–H and O–H groups in total. The first-order valence-electron chi connectivity index (χ1n) is 10.5. The van der Waals surface area contributed by atoms with Crippen LogP contribution in [0.15, 0.2) is 18.2 Å². The van der Waals surface area contributed by atoms with Crippen molar-refractivity contribution >= 4 is 35.4 Å². The molecule has 2 saturated heterocycles. The summed E-state index contributed by atoms with van der Waals surface area (Å²) in [7, 11) is 0. The van der Waals surface area contributed by atoms with Crippen LogP contribution in [0.1, 0.15) is 42.5 Å². The predicted molar refractivity (Wildman–Crippen MR) is 110 cm³/mol. The van der Waals surface area contributed by atoms with Gasteiger partial charge in [0.1, 0.15) is 11.4 Å². The van der Waals surface area contributed by atoms with Crippen LogP contribution in [0.4, 0.5) is 9.18 Å². The van der Waals surface area contributed by atoms with E-state index in [2.05, 4.69) is 5.32 Å². The van der Waals surface area contributed by atoms with Gasteiger partial charge in [0.15, 0.2) is 0 Å². The molecule has 0 bridgehead atoms. The summed E-state index contributed by atoms with van der Waals surface area (Å²) in [5.74, 6) is -1.21. The molecule has 166 valence electrons. The van der Waals surface area contributed by atoms with Crippen LogP contribution in [0.3, 0.4) is 0 Å². The molecule has 1 aliphatic carbocycles. The summed E-state index contributed by atoms with van der Waals surface area (Å²) in [5, 5.41) is 2.86. The highest BCUT2D eigenvalue weighted by molar-refractivity contribution is 6.33. The summed E-state index contributed by atoms with van der Waals surface area (Å²) < 4.78 is 13.2. The van der Waals surface area contributed by atoms with Crippen molar-refractivity contribution in [3.05, 3.63) is 34.6 Å². The van der Waals surface area contributed by atoms with Gasteiger partial charge in [0.05, 0.1) is 10.6 Å². The second kappa shape index (κ2) is 8.45. The van der Waals surface area contributed by atoms with Gasteiger partial charge in [-0.15, -0.1) is 0 Å². The Hall–Kier alpha value is -2.68. The van der Waals surface area contributed by atoms with Crippen molar-refractivity contribution in [1.29, 1.82) is 0 Å². The fourth-order valence-corrected chi connectivity index (χ4v) is 4.80. The molecule has 3 aliphatic rings. The van der Waals surface area contributed by atoms with E-state index >= 15 is 0 Å². The third-order valence-electron chi connectivity index (χ3n) is 6.33. The van der Waals surface area contributed by atoms with Crippen LogP contribution in [0.25, 0.3) is 0 Å². The molecule has 1 aromatic carbocycles. The standard InChI is InChI=1S/C21H24ClFN4O4/c22-16-13-14(23)3-4-15(16)18(29)26-11-9-25(10-12-26)17(28)5-8-27-19(30)21(24-20(27)31)6-1-2-7-21/h3-4,13H,1-2,5-12H2,(H,24,31). The first-order valence-corrected chi connectivity index (χ1v) is 10.8. The van der Waals surface area contributed by atoms with Crippen molar-refractivity contribution in [2.24, 2.45) is 0 Å². The molecule has 0 radical (unpaired) electrons. The normalized spacial score (nSPS) is 20.5. The topological polar surface area (TPSA) is 90.0 Å². The minimum atomic E-state index is -0.770. The molecule has 8 nitrogen and oxygen atoms in total. The van der Waals surface area contributed by atoms with Crippen molar-refractivity contribution in [3.8, 4) is 0 Å². The minimum absolute atomic E-state index is 0.0486. The summed E-state index contributed by atoms with van der Waals surface area (Å²) in [4.78, 5) is 54.5. The fourth-order valence-electron chi connectivity index (χ4n) is 4.55. The lowest BCUT2D eigenvalue weighted by Gasteiger charge is -2.35. The molecule has 10 heteroatoms. The van der Waals surface area contributed by atoms with Gasteiger partial charge >= 0.3 is 6.03 Å². The van der Waals surface area contributed by atoms with Crippen molar-refractivity contribution < 1.29 is 23.6 Å². The first-order chi connectivity index (χ1) is 14.8. The molecular formula is C21H24ClFN4O4. The number of carbonyl (C=O) groups excluding carboxylic acids is 4. The number of imide groups is 1. The quantitative estimate of drug-likeness (QED) is 0.710. The summed E-state index contributed by atoms with van der Waals surface area (Å²) in [6, 6.07) is 3.21. The Morgan fingerprint density at radius 3 is 2.35 bits per heavy atom. The zero-order valence-electron chi connectivity index (χ0n) is 17.0. The van der Waals surface area contributed by atoms with E-state index < -0.39 is 17.4 Å². The number of amides is 5. The van der Waals surface area contributed by atoms with Crippen LogP contribution in [-0.4, -0.2) is 76.7 Å².